The molecule has 1 aromatic rings. The van der Waals surface area contributed by atoms with Crippen molar-refractivity contribution in [2.75, 3.05) is 0 Å². The van der Waals surface area contributed by atoms with E-state index in [1.165, 1.54) is 5.56 Å². The van der Waals surface area contributed by atoms with Gasteiger partial charge in [-0.3, -0.25) is 0 Å². The molecular formula is C10H13NO. The average molecular weight is 163 g/mol. The summed E-state index contributed by atoms with van der Waals surface area (Å²) in [5, 5.41) is 9.45. The molecule has 1 aliphatic carbocycles. The first-order valence-corrected chi connectivity index (χ1v) is 4.27. The first kappa shape index (κ1) is 7.62. The van der Waals surface area contributed by atoms with Gasteiger partial charge in [0.15, 0.2) is 0 Å². The zero-order chi connectivity index (χ0) is 8.72. The van der Waals surface area contributed by atoms with Crippen LogP contribution in [0.5, 0.6) is 5.75 Å². The summed E-state index contributed by atoms with van der Waals surface area (Å²) in [6.45, 7) is 1.93. The summed E-state index contributed by atoms with van der Waals surface area (Å²) in [5.41, 5.74) is 9.33. The topological polar surface area (TPSA) is 46.2 Å². The van der Waals surface area contributed by atoms with Gasteiger partial charge in [-0.2, -0.15) is 0 Å². The maximum absolute atomic E-state index is 9.45. The molecule has 0 radical (unpaired) electrons. The van der Waals surface area contributed by atoms with Crippen LogP contribution in [0.25, 0.3) is 0 Å². The van der Waals surface area contributed by atoms with E-state index in [0.29, 0.717) is 5.75 Å². The highest BCUT2D eigenvalue weighted by atomic mass is 16.3. The average Bonchev–Trinajstić information content (AvgIpc) is 2.41. The molecule has 2 nitrogen and oxygen atoms in total. The van der Waals surface area contributed by atoms with Crippen molar-refractivity contribution in [2.24, 2.45) is 5.73 Å². The van der Waals surface area contributed by atoms with E-state index >= 15 is 0 Å². The highest BCUT2D eigenvalue weighted by molar-refractivity contribution is 5.47. The number of aromatic hydroxyl groups is 1. The fraction of sp³-hybridized carbons (Fsp3) is 0.400. The molecule has 3 N–H and O–H groups in total. The van der Waals surface area contributed by atoms with Gasteiger partial charge in [0.25, 0.3) is 0 Å². The lowest BCUT2D eigenvalue weighted by molar-refractivity contribution is 0.469. The van der Waals surface area contributed by atoms with Crippen LogP contribution in [0.4, 0.5) is 0 Å². The SMILES string of the molecule is Cc1c(O)ccc2c1[C@@H](N)CC2. The number of aryl methyl sites for hydroxylation is 1. The number of fused-ring (bicyclic) bond motifs is 1. The standard InChI is InChI=1S/C10H13NO/c1-6-9(12)5-3-7-2-4-8(11)10(6)7/h3,5,8,12H,2,4,11H2,1H3/t8-/m0/s1. The van der Waals surface area contributed by atoms with E-state index in [1.807, 2.05) is 13.0 Å². The fourth-order valence-electron chi connectivity index (χ4n) is 1.96. The highest BCUT2D eigenvalue weighted by Gasteiger charge is 2.21. The molecule has 2 rings (SSSR count). The Morgan fingerprint density at radius 2 is 2.25 bits per heavy atom. The number of phenolic OH excluding ortho intramolecular Hbond substituents is 1. The minimum absolute atomic E-state index is 0.132. The van der Waals surface area contributed by atoms with E-state index in [-0.39, 0.29) is 6.04 Å². The van der Waals surface area contributed by atoms with Crippen LogP contribution in [0.15, 0.2) is 12.1 Å². The number of phenols is 1. The summed E-state index contributed by atoms with van der Waals surface area (Å²) in [4.78, 5) is 0. The number of rotatable bonds is 0. The number of nitrogens with two attached hydrogens (primary N) is 1. The Labute approximate surface area is 72.0 Å². The Morgan fingerprint density at radius 1 is 1.50 bits per heavy atom. The predicted octanol–water partition coefficient (Wildman–Crippen LogP) is 1.65. The van der Waals surface area contributed by atoms with Gasteiger partial charge in [-0.15, -0.1) is 0 Å². The first-order valence-electron chi connectivity index (χ1n) is 4.27. The smallest absolute Gasteiger partial charge is 0.118 e. The monoisotopic (exact) mass is 163 g/mol. The van der Waals surface area contributed by atoms with Crippen molar-refractivity contribution in [1.82, 2.24) is 0 Å². The Hall–Kier alpha value is -1.02. The zero-order valence-corrected chi connectivity index (χ0v) is 7.17. The molecule has 0 bridgehead atoms. The third-order valence-corrected chi connectivity index (χ3v) is 2.67. The summed E-state index contributed by atoms with van der Waals surface area (Å²) in [6.07, 6.45) is 2.07. The summed E-state index contributed by atoms with van der Waals surface area (Å²) in [5.74, 6) is 0.367. The van der Waals surface area contributed by atoms with Gasteiger partial charge in [0.05, 0.1) is 0 Å². The molecule has 0 amide bonds. The van der Waals surface area contributed by atoms with E-state index in [0.717, 1.165) is 24.0 Å². The maximum atomic E-state index is 9.45. The summed E-state index contributed by atoms with van der Waals surface area (Å²) in [6, 6.07) is 3.86. The molecule has 2 heteroatoms. The zero-order valence-electron chi connectivity index (χ0n) is 7.17. The van der Waals surface area contributed by atoms with Crippen molar-refractivity contribution in [1.29, 1.82) is 0 Å². The Kier molecular flexibility index (Phi) is 1.58. The van der Waals surface area contributed by atoms with E-state index in [9.17, 15) is 5.11 Å². The van der Waals surface area contributed by atoms with Crippen molar-refractivity contribution in [3.8, 4) is 5.75 Å². The van der Waals surface area contributed by atoms with Gasteiger partial charge in [0, 0.05) is 6.04 Å². The molecule has 0 aromatic heterocycles. The fourth-order valence-corrected chi connectivity index (χ4v) is 1.96. The number of hydrogen-bond donors (Lipinski definition) is 2. The third kappa shape index (κ3) is 0.916. The lowest BCUT2D eigenvalue weighted by Gasteiger charge is -2.09. The molecule has 0 unspecified atom stereocenters. The molecule has 64 valence electrons. The molecule has 1 aliphatic rings. The molecule has 0 saturated heterocycles. The van der Waals surface area contributed by atoms with E-state index in [4.69, 9.17) is 5.73 Å². The van der Waals surface area contributed by atoms with Gasteiger partial charge in [0.1, 0.15) is 5.75 Å². The third-order valence-electron chi connectivity index (χ3n) is 2.67. The summed E-state index contributed by atoms with van der Waals surface area (Å²) >= 11 is 0. The van der Waals surface area contributed by atoms with Crippen molar-refractivity contribution in [2.45, 2.75) is 25.8 Å². The summed E-state index contributed by atoms with van der Waals surface area (Å²) < 4.78 is 0. The van der Waals surface area contributed by atoms with E-state index in [1.54, 1.807) is 6.07 Å². The molecule has 0 aliphatic heterocycles. The largest absolute Gasteiger partial charge is 0.508 e. The second-order valence-corrected chi connectivity index (χ2v) is 3.43. The van der Waals surface area contributed by atoms with Gasteiger partial charge >= 0.3 is 0 Å². The molecular weight excluding hydrogens is 150 g/mol. The molecule has 0 heterocycles. The molecule has 12 heavy (non-hydrogen) atoms. The van der Waals surface area contributed by atoms with E-state index in [2.05, 4.69) is 0 Å². The van der Waals surface area contributed by atoms with Crippen molar-refractivity contribution >= 4 is 0 Å². The van der Waals surface area contributed by atoms with Crippen molar-refractivity contribution < 1.29 is 5.11 Å². The van der Waals surface area contributed by atoms with Crippen LogP contribution in [0, 0.1) is 6.92 Å². The van der Waals surface area contributed by atoms with Crippen molar-refractivity contribution in [3.63, 3.8) is 0 Å². The molecule has 0 saturated carbocycles. The Balaban J connectivity index is 2.63. The Morgan fingerprint density at radius 3 is 3.00 bits per heavy atom. The maximum Gasteiger partial charge on any atom is 0.118 e. The van der Waals surface area contributed by atoms with Gasteiger partial charge in [0.2, 0.25) is 0 Å². The number of hydrogen-bond acceptors (Lipinski definition) is 2. The van der Waals surface area contributed by atoms with Crippen LogP contribution in [-0.2, 0) is 6.42 Å². The second kappa shape index (κ2) is 2.49. The van der Waals surface area contributed by atoms with Gasteiger partial charge in [-0.25, -0.2) is 0 Å². The van der Waals surface area contributed by atoms with Crippen molar-refractivity contribution in [3.05, 3.63) is 28.8 Å². The Bertz CT molecular complexity index is 320. The number of benzene rings is 1. The first-order chi connectivity index (χ1) is 5.70. The summed E-state index contributed by atoms with van der Waals surface area (Å²) in [7, 11) is 0. The van der Waals surface area contributed by atoms with Crippen LogP contribution in [0.2, 0.25) is 0 Å². The van der Waals surface area contributed by atoms with Crippen LogP contribution in [0.1, 0.15) is 29.2 Å². The van der Waals surface area contributed by atoms with Crippen LogP contribution < -0.4 is 5.73 Å². The van der Waals surface area contributed by atoms with Crippen LogP contribution in [0.3, 0.4) is 0 Å². The quantitative estimate of drug-likeness (QED) is 0.610. The second-order valence-electron chi connectivity index (χ2n) is 3.43. The lowest BCUT2D eigenvalue weighted by Crippen LogP contribution is -2.06. The lowest BCUT2D eigenvalue weighted by atomic mass is 10.0. The minimum Gasteiger partial charge on any atom is -0.508 e. The van der Waals surface area contributed by atoms with Gasteiger partial charge in [-0.05, 0) is 42.5 Å². The molecule has 0 spiro atoms. The van der Waals surface area contributed by atoms with E-state index < -0.39 is 0 Å². The van der Waals surface area contributed by atoms with Crippen LogP contribution in [-0.4, -0.2) is 5.11 Å². The van der Waals surface area contributed by atoms with Gasteiger partial charge < -0.3 is 10.8 Å². The van der Waals surface area contributed by atoms with Crippen LogP contribution >= 0.6 is 0 Å². The predicted molar refractivity (Wildman–Crippen MR) is 48.1 cm³/mol. The molecule has 1 atom stereocenters. The molecule has 0 fully saturated rings. The minimum atomic E-state index is 0.132. The van der Waals surface area contributed by atoms with Gasteiger partial charge in [-0.1, -0.05) is 6.07 Å². The molecule has 1 aromatic carbocycles. The highest BCUT2D eigenvalue weighted by Crippen LogP contribution is 2.35. The normalized spacial score (nSPS) is 21.0.